The number of hydrogen-bond donors (Lipinski definition) is 1. The van der Waals surface area contributed by atoms with E-state index >= 15 is 0 Å². The van der Waals surface area contributed by atoms with Gasteiger partial charge in [0.05, 0.1) is 25.1 Å². The van der Waals surface area contributed by atoms with E-state index in [9.17, 15) is 4.79 Å². The van der Waals surface area contributed by atoms with E-state index in [1.54, 1.807) is 26.4 Å². The Balaban J connectivity index is 1.58. The van der Waals surface area contributed by atoms with Crippen LogP contribution in [-0.2, 0) is 4.74 Å². The number of aromatic nitrogens is 2. The normalized spacial score (nSPS) is 14.6. The first-order valence-corrected chi connectivity index (χ1v) is 12.3. The second-order valence-electron chi connectivity index (χ2n) is 8.04. The maximum Gasteiger partial charge on any atom is 0.350 e. The van der Waals surface area contributed by atoms with Gasteiger partial charge in [0, 0.05) is 36.1 Å². The summed E-state index contributed by atoms with van der Waals surface area (Å²) in [7, 11) is 3.60. The molecule has 0 bridgehead atoms. The van der Waals surface area contributed by atoms with E-state index in [-0.39, 0.29) is 12.8 Å². The van der Waals surface area contributed by atoms with Gasteiger partial charge < -0.3 is 19.7 Å². The molecule has 0 fully saturated rings. The lowest BCUT2D eigenvalue weighted by Gasteiger charge is -2.36. The lowest BCUT2D eigenvalue weighted by atomic mass is 10.0. The summed E-state index contributed by atoms with van der Waals surface area (Å²) >= 11 is 1.27. The fourth-order valence-corrected chi connectivity index (χ4v) is 4.97. The van der Waals surface area contributed by atoms with E-state index in [2.05, 4.69) is 10.3 Å². The van der Waals surface area contributed by atoms with Crippen LogP contribution >= 0.6 is 11.3 Å². The number of carbonyl (C=O) groups is 1. The number of benzene rings is 2. The number of anilines is 1. The molecule has 182 valence electrons. The number of esters is 1. The molecule has 9 heteroatoms. The molecule has 0 aliphatic carbocycles. The highest BCUT2D eigenvalue weighted by Crippen LogP contribution is 2.40. The second kappa shape index (κ2) is 10.2. The number of carbonyl (C=O) groups excluding carboxylic acids is 1. The molecule has 3 heterocycles. The molecule has 5 rings (SSSR count). The van der Waals surface area contributed by atoms with E-state index in [4.69, 9.17) is 19.5 Å². The number of nitrogens with one attached hydrogen (secondary N) is 1. The fourth-order valence-electron chi connectivity index (χ4n) is 4.07. The first-order chi connectivity index (χ1) is 17.6. The maximum atomic E-state index is 12.8. The number of pyridine rings is 1. The second-order valence-corrected chi connectivity index (χ2v) is 9.04. The predicted molar refractivity (Wildman–Crippen MR) is 141 cm³/mol. The number of fused-ring (bicyclic) bond motifs is 1. The van der Waals surface area contributed by atoms with Crippen LogP contribution in [0.3, 0.4) is 0 Å². The fraction of sp³-hybridized carbons (Fsp3) is 0.185. The van der Waals surface area contributed by atoms with Crippen LogP contribution in [0, 0.1) is 0 Å². The van der Waals surface area contributed by atoms with Crippen LogP contribution in [-0.4, -0.2) is 47.4 Å². The highest BCUT2D eigenvalue weighted by Gasteiger charge is 2.31. The molecule has 0 amide bonds. The molecule has 1 N–H and O–H groups in total. The Morgan fingerprint density at radius 3 is 2.64 bits per heavy atom. The summed E-state index contributed by atoms with van der Waals surface area (Å²) in [5, 5.41) is 4.13. The average molecular weight is 500 g/mol. The number of aliphatic imine (C=N–C) groups is 1. The Morgan fingerprint density at radius 2 is 1.92 bits per heavy atom. The third kappa shape index (κ3) is 4.52. The number of methoxy groups -OCH3 is 1. The molecule has 1 aliphatic heterocycles. The van der Waals surface area contributed by atoms with Crippen LogP contribution in [0.2, 0.25) is 0 Å². The lowest BCUT2D eigenvalue weighted by Crippen LogP contribution is -2.38. The molecular formula is C27H25N5O3S. The van der Waals surface area contributed by atoms with Crippen LogP contribution in [0.5, 0.6) is 5.75 Å². The summed E-state index contributed by atoms with van der Waals surface area (Å²) in [5.41, 5.74) is 4.08. The molecule has 0 spiro atoms. The third-order valence-corrected chi connectivity index (χ3v) is 6.76. The Kier molecular flexibility index (Phi) is 6.64. The highest BCUT2D eigenvalue weighted by atomic mass is 32.1. The van der Waals surface area contributed by atoms with Gasteiger partial charge >= 0.3 is 5.97 Å². The molecule has 2 aromatic carbocycles. The van der Waals surface area contributed by atoms with Crippen molar-refractivity contribution in [2.24, 2.45) is 4.99 Å². The number of hydrogen-bond acceptors (Lipinski definition) is 9. The lowest BCUT2D eigenvalue weighted by molar-refractivity contribution is 0.0532. The Labute approximate surface area is 213 Å². The zero-order valence-corrected chi connectivity index (χ0v) is 21.0. The average Bonchev–Trinajstić information content (AvgIpc) is 3.35. The smallest absolute Gasteiger partial charge is 0.350 e. The van der Waals surface area contributed by atoms with E-state index < -0.39 is 5.97 Å². The number of ether oxygens (including phenoxy) is 2. The summed E-state index contributed by atoms with van der Waals surface area (Å²) in [6.07, 6.45) is 3.20. The largest absolute Gasteiger partial charge is 0.497 e. The van der Waals surface area contributed by atoms with Gasteiger partial charge in [-0.15, -0.1) is 0 Å². The van der Waals surface area contributed by atoms with E-state index in [0.717, 1.165) is 34.0 Å². The number of thiazole rings is 1. The quantitative estimate of drug-likeness (QED) is 0.335. The van der Waals surface area contributed by atoms with Crippen molar-refractivity contribution in [2.45, 2.75) is 13.1 Å². The topological polar surface area (TPSA) is 88.9 Å². The Bertz CT molecular complexity index is 1410. The summed E-state index contributed by atoms with van der Waals surface area (Å²) < 4.78 is 10.8. The maximum absolute atomic E-state index is 12.8. The van der Waals surface area contributed by atoms with Crippen molar-refractivity contribution in [1.29, 1.82) is 0 Å². The zero-order chi connectivity index (χ0) is 25.1. The number of nitrogens with zero attached hydrogens (tertiary/aromatic N) is 4. The van der Waals surface area contributed by atoms with Gasteiger partial charge in [-0.3, -0.25) is 4.98 Å². The van der Waals surface area contributed by atoms with Gasteiger partial charge in [0.15, 0.2) is 5.13 Å². The van der Waals surface area contributed by atoms with Crippen molar-refractivity contribution in [3.05, 3.63) is 89.1 Å². The first kappa shape index (κ1) is 23.5. The van der Waals surface area contributed by atoms with Crippen molar-refractivity contribution >= 4 is 34.0 Å². The van der Waals surface area contributed by atoms with Crippen molar-refractivity contribution in [3.8, 4) is 17.0 Å². The van der Waals surface area contributed by atoms with Crippen molar-refractivity contribution in [2.75, 3.05) is 26.1 Å². The minimum atomic E-state index is -0.390. The van der Waals surface area contributed by atoms with Gasteiger partial charge in [-0.05, 0) is 37.3 Å². The van der Waals surface area contributed by atoms with Gasteiger partial charge in [0.2, 0.25) is 0 Å². The molecule has 2 aromatic heterocycles. The molecule has 4 aromatic rings. The summed E-state index contributed by atoms with van der Waals surface area (Å²) in [6.45, 7) is 2.08. The summed E-state index contributed by atoms with van der Waals surface area (Å²) in [5.74, 6) is 1.10. The van der Waals surface area contributed by atoms with Gasteiger partial charge in [0.1, 0.15) is 22.6 Å². The van der Waals surface area contributed by atoms with Crippen molar-refractivity contribution in [3.63, 3.8) is 0 Å². The van der Waals surface area contributed by atoms with Crippen molar-refractivity contribution < 1.29 is 14.3 Å². The SMILES string of the molecule is CCOC(=O)c1sc(NC2c3cc(OC)ccc3N=C(c3cccnc3)N2C)nc1-c1ccccc1. The standard InChI is InChI=1S/C27H25N5O3S/c1-4-35-26(33)23-22(17-9-6-5-7-10-17)30-27(36-23)31-25-20-15-19(34-3)12-13-21(20)29-24(32(25)2)18-11-8-14-28-16-18/h5-16,25H,4H2,1-3H3,(H,30,31). The van der Waals surface area contributed by atoms with Crippen LogP contribution in [0.1, 0.15) is 33.9 Å². The molecule has 0 saturated carbocycles. The van der Waals surface area contributed by atoms with Crippen LogP contribution in [0.4, 0.5) is 10.8 Å². The molecule has 0 radical (unpaired) electrons. The molecule has 36 heavy (non-hydrogen) atoms. The zero-order valence-electron chi connectivity index (χ0n) is 20.1. The molecule has 1 unspecified atom stereocenters. The molecule has 8 nitrogen and oxygen atoms in total. The molecule has 0 saturated heterocycles. The van der Waals surface area contributed by atoms with Gasteiger partial charge in [0.25, 0.3) is 0 Å². The van der Waals surface area contributed by atoms with Crippen LogP contribution < -0.4 is 10.1 Å². The van der Waals surface area contributed by atoms with E-state index in [1.165, 1.54) is 11.3 Å². The molecular weight excluding hydrogens is 474 g/mol. The van der Waals surface area contributed by atoms with Crippen LogP contribution in [0.15, 0.2) is 78.0 Å². The first-order valence-electron chi connectivity index (χ1n) is 11.5. The van der Waals surface area contributed by atoms with Crippen molar-refractivity contribution in [1.82, 2.24) is 14.9 Å². The minimum absolute atomic E-state index is 0.289. The minimum Gasteiger partial charge on any atom is -0.497 e. The van der Waals surface area contributed by atoms with E-state index in [1.807, 2.05) is 72.6 Å². The monoisotopic (exact) mass is 499 g/mol. The molecule has 1 atom stereocenters. The van der Waals surface area contributed by atoms with Gasteiger partial charge in [-0.1, -0.05) is 41.7 Å². The van der Waals surface area contributed by atoms with Gasteiger partial charge in [-0.2, -0.15) is 0 Å². The Morgan fingerprint density at radius 1 is 1.11 bits per heavy atom. The highest BCUT2D eigenvalue weighted by molar-refractivity contribution is 7.17. The van der Waals surface area contributed by atoms with E-state index in [0.29, 0.717) is 15.7 Å². The number of amidine groups is 1. The summed E-state index contributed by atoms with van der Waals surface area (Å²) in [4.78, 5) is 29.3. The predicted octanol–water partition coefficient (Wildman–Crippen LogP) is 5.52. The number of rotatable bonds is 7. The third-order valence-electron chi connectivity index (χ3n) is 5.79. The molecule has 1 aliphatic rings. The Hall–Kier alpha value is -4.24. The van der Waals surface area contributed by atoms with Gasteiger partial charge in [-0.25, -0.2) is 14.8 Å². The van der Waals surface area contributed by atoms with Crippen LogP contribution in [0.25, 0.3) is 11.3 Å². The summed E-state index contributed by atoms with van der Waals surface area (Å²) in [6, 6.07) is 19.3.